The Balaban J connectivity index is 1.69. The topological polar surface area (TPSA) is 38.2 Å². The first-order valence-corrected chi connectivity index (χ1v) is 7.78. The highest BCUT2D eigenvalue weighted by molar-refractivity contribution is 9.10. The van der Waals surface area contributed by atoms with Gasteiger partial charge in [0.05, 0.1) is 11.0 Å². The molecule has 0 N–H and O–H groups in total. The summed E-state index contributed by atoms with van der Waals surface area (Å²) in [6.07, 6.45) is -0.567. The first kappa shape index (κ1) is 16.0. The lowest BCUT2D eigenvalue weighted by Crippen LogP contribution is -2.26. The minimum Gasteiger partial charge on any atom is -0.487 e. The second kappa shape index (κ2) is 6.35. The number of alkyl halides is 3. The molecule has 1 unspecified atom stereocenters. The predicted molar refractivity (Wildman–Crippen MR) is 82.4 cm³/mol. The highest BCUT2D eigenvalue weighted by Gasteiger charge is 2.33. The maximum atomic E-state index is 12.7. The Morgan fingerprint density at radius 3 is 2.83 bits per heavy atom. The molecule has 3 heterocycles. The Hall–Kier alpha value is -1.83. The lowest BCUT2D eigenvalue weighted by molar-refractivity contribution is -0.141. The summed E-state index contributed by atoms with van der Waals surface area (Å²) in [5, 5.41) is 0. The van der Waals surface area contributed by atoms with E-state index in [2.05, 4.69) is 25.9 Å². The van der Waals surface area contributed by atoms with Crippen LogP contribution in [0.4, 0.5) is 19.0 Å². The number of anilines is 1. The molecule has 0 saturated carbocycles. The van der Waals surface area contributed by atoms with Crippen LogP contribution in [0.5, 0.6) is 5.75 Å². The summed E-state index contributed by atoms with van der Waals surface area (Å²) in [4.78, 5) is 9.47. The summed E-state index contributed by atoms with van der Waals surface area (Å²) in [5.74, 6) is 0.989. The third-order valence-electron chi connectivity index (χ3n) is 3.52. The van der Waals surface area contributed by atoms with Gasteiger partial charge in [0.15, 0.2) is 0 Å². The summed E-state index contributed by atoms with van der Waals surface area (Å²) in [6, 6.07) is 5.68. The van der Waals surface area contributed by atoms with Crippen LogP contribution in [-0.4, -0.2) is 29.2 Å². The summed E-state index contributed by atoms with van der Waals surface area (Å²) < 4.78 is 44.9. The quantitative estimate of drug-likeness (QED) is 0.799. The highest BCUT2D eigenvalue weighted by atomic mass is 79.9. The van der Waals surface area contributed by atoms with E-state index in [4.69, 9.17) is 4.74 Å². The average Bonchev–Trinajstić information content (AvgIpc) is 2.98. The third kappa shape index (κ3) is 3.74. The van der Waals surface area contributed by atoms with E-state index in [1.54, 1.807) is 29.4 Å². The van der Waals surface area contributed by atoms with Gasteiger partial charge in [0.25, 0.3) is 0 Å². The molecule has 0 spiro atoms. The van der Waals surface area contributed by atoms with Gasteiger partial charge in [-0.2, -0.15) is 13.2 Å². The molecular weight excluding hydrogens is 375 g/mol. The van der Waals surface area contributed by atoms with Crippen LogP contribution < -0.4 is 9.64 Å². The van der Waals surface area contributed by atoms with Crippen molar-refractivity contribution in [3.8, 4) is 5.75 Å². The molecule has 1 atom stereocenters. The molecule has 1 fully saturated rings. The number of rotatable bonds is 3. The molecule has 1 aliphatic rings. The van der Waals surface area contributed by atoms with Crippen molar-refractivity contribution in [2.75, 3.05) is 18.0 Å². The molecule has 0 radical (unpaired) electrons. The number of aromatic nitrogens is 2. The molecular formula is C15H13BrF3N3O. The van der Waals surface area contributed by atoms with E-state index >= 15 is 0 Å². The second-order valence-corrected chi connectivity index (χ2v) is 6.01. The molecule has 122 valence electrons. The van der Waals surface area contributed by atoms with E-state index in [9.17, 15) is 13.2 Å². The molecule has 0 bridgehead atoms. The van der Waals surface area contributed by atoms with Crippen molar-refractivity contribution in [3.63, 3.8) is 0 Å². The minimum absolute atomic E-state index is 0.106. The first-order chi connectivity index (χ1) is 10.9. The first-order valence-electron chi connectivity index (χ1n) is 6.99. The zero-order valence-electron chi connectivity index (χ0n) is 11.9. The van der Waals surface area contributed by atoms with Crippen LogP contribution in [0.25, 0.3) is 0 Å². The van der Waals surface area contributed by atoms with E-state index in [0.717, 1.165) is 10.5 Å². The molecule has 0 aromatic carbocycles. The normalized spacial score (nSPS) is 18.3. The zero-order chi connectivity index (χ0) is 16.4. The van der Waals surface area contributed by atoms with Crippen molar-refractivity contribution in [1.29, 1.82) is 0 Å². The molecule has 0 amide bonds. The van der Waals surface area contributed by atoms with Gasteiger partial charge in [0.1, 0.15) is 23.4 Å². The minimum atomic E-state index is -4.44. The monoisotopic (exact) mass is 387 g/mol. The molecule has 0 aliphatic carbocycles. The fourth-order valence-electron chi connectivity index (χ4n) is 2.43. The molecule has 23 heavy (non-hydrogen) atoms. The fraction of sp³-hybridized carbons (Fsp3) is 0.333. The van der Waals surface area contributed by atoms with Crippen molar-refractivity contribution >= 4 is 21.7 Å². The molecule has 1 saturated heterocycles. The van der Waals surface area contributed by atoms with Gasteiger partial charge in [-0.25, -0.2) is 4.98 Å². The number of nitrogens with zero attached hydrogens (tertiary/aromatic N) is 3. The van der Waals surface area contributed by atoms with Crippen LogP contribution in [0.3, 0.4) is 0 Å². The van der Waals surface area contributed by atoms with E-state index < -0.39 is 11.9 Å². The number of ether oxygens (including phenoxy) is 1. The highest BCUT2D eigenvalue weighted by Crippen LogP contribution is 2.31. The van der Waals surface area contributed by atoms with Gasteiger partial charge in [-0.1, -0.05) is 6.07 Å². The van der Waals surface area contributed by atoms with Gasteiger partial charge in [0, 0.05) is 25.4 Å². The van der Waals surface area contributed by atoms with Crippen LogP contribution >= 0.6 is 15.9 Å². The largest absolute Gasteiger partial charge is 0.487 e. The van der Waals surface area contributed by atoms with Crippen molar-refractivity contribution in [2.24, 2.45) is 0 Å². The predicted octanol–water partition coefficient (Wildman–Crippen LogP) is 3.92. The Bertz CT molecular complexity index is 696. The summed E-state index contributed by atoms with van der Waals surface area (Å²) in [5.41, 5.74) is -0.878. The van der Waals surface area contributed by atoms with Crippen LogP contribution in [-0.2, 0) is 6.18 Å². The van der Waals surface area contributed by atoms with E-state index in [1.165, 1.54) is 6.07 Å². The Kier molecular flexibility index (Phi) is 4.43. The summed E-state index contributed by atoms with van der Waals surface area (Å²) in [7, 11) is 0. The summed E-state index contributed by atoms with van der Waals surface area (Å²) >= 11 is 3.36. The van der Waals surface area contributed by atoms with Crippen molar-refractivity contribution in [2.45, 2.75) is 18.7 Å². The van der Waals surface area contributed by atoms with Crippen LogP contribution in [0.2, 0.25) is 0 Å². The molecule has 3 rings (SSSR count). The van der Waals surface area contributed by atoms with E-state index in [0.29, 0.717) is 31.1 Å². The second-order valence-electron chi connectivity index (χ2n) is 5.16. The zero-order valence-corrected chi connectivity index (χ0v) is 13.5. The van der Waals surface area contributed by atoms with Crippen LogP contribution in [0.1, 0.15) is 12.1 Å². The molecule has 8 heteroatoms. The summed E-state index contributed by atoms with van der Waals surface area (Å²) in [6.45, 7) is 1.09. The lowest BCUT2D eigenvalue weighted by atomic mass is 10.3. The Morgan fingerprint density at radius 1 is 1.26 bits per heavy atom. The van der Waals surface area contributed by atoms with Crippen LogP contribution in [0.15, 0.2) is 41.1 Å². The van der Waals surface area contributed by atoms with E-state index in [-0.39, 0.29) is 6.10 Å². The smallest absolute Gasteiger partial charge is 0.433 e. The van der Waals surface area contributed by atoms with Gasteiger partial charge in [-0.15, -0.1) is 0 Å². The number of halogens is 4. The van der Waals surface area contributed by atoms with Gasteiger partial charge in [-0.3, -0.25) is 4.98 Å². The third-order valence-corrected chi connectivity index (χ3v) is 4.12. The number of hydrogen-bond acceptors (Lipinski definition) is 4. The molecule has 4 nitrogen and oxygen atoms in total. The Labute approximate surface area is 139 Å². The van der Waals surface area contributed by atoms with Gasteiger partial charge in [0.2, 0.25) is 0 Å². The number of pyridine rings is 2. The molecule has 2 aromatic heterocycles. The standard InChI is InChI=1S/C15H13BrF3N3O/c16-11-8-20-6-4-12(11)23-10-5-7-22(9-10)14-3-1-2-13(21-14)15(17,18)19/h1-4,6,8,10H,5,7,9H2. The van der Waals surface area contributed by atoms with Crippen LogP contribution in [0, 0.1) is 0 Å². The SMILES string of the molecule is FC(F)(F)c1cccc(N2CCC(Oc3ccncc3Br)C2)n1. The van der Waals surface area contributed by atoms with Crippen molar-refractivity contribution in [3.05, 3.63) is 46.8 Å². The van der Waals surface area contributed by atoms with Gasteiger partial charge in [-0.05, 0) is 34.1 Å². The van der Waals surface area contributed by atoms with Gasteiger partial charge < -0.3 is 9.64 Å². The molecule has 1 aliphatic heterocycles. The van der Waals surface area contributed by atoms with Crippen molar-refractivity contribution < 1.29 is 17.9 Å². The Morgan fingerprint density at radius 2 is 2.09 bits per heavy atom. The van der Waals surface area contributed by atoms with E-state index in [1.807, 2.05) is 0 Å². The van der Waals surface area contributed by atoms with Gasteiger partial charge >= 0.3 is 6.18 Å². The maximum Gasteiger partial charge on any atom is 0.433 e. The lowest BCUT2D eigenvalue weighted by Gasteiger charge is -2.19. The number of hydrogen-bond donors (Lipinski definition) is 0. The fourth-order valence-corrected chi connectivity index (χ4v) is 2.77. The average molecular weight is 388 g/mol. The van der Waals surface area contributed by atoms with Crippen molar-refractivity contribution in [1.82, 2.24) is 9.97 Å². The maximum absolute atomic E-state index is 12.7. The molecule has 2 aromatic rings.